The summed E-state index contributed by atoms with van der Waals surface area (Å²) in [5, 5.41) is 12.1. The first-order valence-corrected chi connectivity index (χ1v) is 10.7. The highest BCUT2D eigenvalue weighted by Gasteiger charge is 2.29. The molecular weight excluding hydrogens is 392 g/mol. The Morgan fingerprint density at radius 3 is 2.43 bits per heavy atom. The molecule has 0 bridgehead atoms. The number of nitrogens with zero attached hydrogens (tertiary/aromatic N) is 3. The van der Waals surface area contributed by atoms with Gasteiger partial charge in [-0.1, -0.05) is 71.6 Å². The molecule has 0 saturated carbocycles. The lowest BCUT2D eigenvalue weighted by Gasteiger charge is -2.30. The number of anilines is 2. The molecule has 1 atom stereocenters. The van der Waals surface area contributed by atoms with E-state index in [0.717, 1.165) is 15.6 Å². The minimum atomic E-state index is -0.350. The molecule has 6 nitrogen and oxygen atoms in total. The second-order valence-electron chi connectivity index (χ2n) is 6.21. The molecule has 0 spiro atoms. The molecule has 8 heteroatoms. The van der Waals surface area contributed by atoms with E-state index in [-0.39, 0.29) is 11.2 Å². The molecule has 0 radical (unpaired) electrons. The fraction of sp³-hybridized carbons (Fsp3) is 0.250. The number of rotatable bonds is 6. The van der Waals surface area contributed by atoms with Crippen LogP contribution in [0.1, 0.15) is 10.8 Å². The topological polar surface area (TPSA) is 67.4 Å². The second-order valence-corrected chi connectivity index (χ2v) is 8.54. The molecular formula is C20H20N4O2S2. The largest absolute Gasteiger partial charge is 0.378 e. The fourth-order valence-electron chi connectivity index (χ4n) is 2.89. The number of nitrogens with one attached hydrogen (secondary N) is 1. The van der Waals surface area contributed by atoms with Gasteiger partial charge in [-0.3, -0.25) is 4.79 Å². The van der Waals surface area contributed by atoms with Gasteiger partial charge < -0.3 is 15.0 Å². The maximum absolute atomic E-state index is 13.2. The number of amides is 1. The number of carbonyl (C=O) groups is 1. The monoisotopic (exact) mass is 412 g/mol. The van der Waals surface area contributed by atoms with Gasteiger partial charge in [-0.25, -0.2) is 0 Å². The van der Waals surface area contributed by atoms with Crippen LogP contribution < -0.4 is 5.32 Å². The smallest absolute Gasteiger partial charge is 0.240 e. The van der Waals surface area contributed by atoms with Crippen molar-refractivity contribution in [2.24, 2.45) is 0 Å². The molecule has 1 aliphatic heterocycles. The molecule has 1 aromatic heterocycles. The van der Waals surface area contributed by atoms with Crippen molar-refractivity contribution in [2.45, 2.75) is 9.59 Å². The van der Waals surface area contributed by atoms with E-state index in [4.69, 9.17) is 4.74 Å². The lowest BCUT2D eigenvalue weighted by atomic mass is 10.1. The number of hydrogen-bond acceptors (Lipinski definition) is 7. The van der Waals surface area contributed by atoms with Crippen LogP contribution in [-0.4, -0.2) is 47.3 Å². The quantitative estimate of drug-likeness (QED) is 0.618. The zero-order valence-electron chi connectivity index (χ0n) is 15.2. The first-order valence-electron chi connectivity index (χ1n) is 9.03. The Kier molecular flexibility index (Phi) is 6.20. The first-order chi connectivity index (χ1) is 13.8. The third-order valence-electron chi connectivity index (χ3n) is 4.30. The highest BCUT2D eigenvalue weighted by atomic mass is 32.2. The normalized spacial score (nSPS) is 15.2. The van der Waals surface area contributed by atoms with Crippen molar-refractivity contribution in [3.63, 3.8) is 0 Å². The van der Waals surface area contributed by atoms with Gasteiger partial charge in [-0.15, -0.1) is 10.2 Å². The van der Waals surface area contributed by atoms with Crippen molar-refractivity contribution in [3.05, 3.63) is 66.2 Å². The fourth-order valence-corrected chi connectivity index (χ4v) is 4.94. The molecule has 3 aromatic rings. The van der Waals surface area contributed by atoms with Crippen LogP contribution in [0.4, 0.5) is 10.8 Å². The predicted octanol–water partition coefficient (Wildman–Crippen LogP) is 3.97. The van der Waals surface area contributed by atoms with Crippen molar-refractivity contribution < 1.29 is 9.53 Å². The van der Waals surface area contributed by atoms with Gasteiger partial charge in [0, 0.05) is 18.8 Å². The van der Waals surface area contributed by atoms with Gasteiger partial charge in [0.25, 0.3) is 0 Å². The van der Waals surface area contributed by atoms with Gasteiger partial charge in [-0.05, 0) is 17.7 Å². The predicted molar refractivity (Wildman–Crippen MR) is 112 cm³/mol. The Morgan fingerprint density at radius 1 is 1.04 bits per heavy atom. The Morgan fingerprint density at radius 2 is 1.71 bits per heavy atom. The average Bonchev–Trinajstić information content (AvgIpc) is 3.20. The molecule has 1 fully saturated rings. The number of thioether (sulfide) groups is 1. The van der Waals surface area contributed by atoms with Gasteiger partial charge >= 0.3 is 0 Å². The summed E-state index contributed by atoms with van der Waals surface area (Å²) >= 11 is 2.90. The average molecular weight is 413 g/mol. The molecule has 144 valence electrons. The Bertz CT molecular complexity index is 899. The zero-order chi connectivity index (χ0) is 19.2. The standard InChI is InChI=1S/C20H20N4O2S2/c25-18(24-11-13-26-14-12-24)17(15-7-3-1-4-8-15)27-20-23-22-19(28-20)21-16-9-5-2-6-10-16/h1-10,17H,11-14H2,(H,21,22)/t17-/m0/s1. The summed E-state index contributed by atoms with van der Waals surface area (Å²) in [5.41, 5.74) is 1.93. The number of carbonyl (C=O) groups excluding carboxylic acids is 1. The number of ether oxygens (including phenoxy) is 1. The van der Waals surface area contributed by atoms with Crippen molar-refractivity contribution >= 4 is 39.8 Å². The summed E-state index contributed by atoms with van der Waals surface area (Å²) < 4.78 is 6.14. The summed E-state index contributed by atoms with van der Waals surface area (Å²) in [7, 11) is 0. The number of morpholine rings is 1. The van der Waals surface area contributed by atoms with E-state index in [0.29, 0.717) is 31.4 Å². The van der Waals surface area contributed by atoms with Crippen LogP contribution >= 0.6 is 23.1 Å². The van der Waals surface area contributed by atoms with E-state index < -0.39 is 0 Å². The molecule has 0 aliphatic carbocycles. The number of aromatic nitrogens is 2. The Labute approximate surface area is 171 Å². The lowest BCUT2D eigenvalue weighted by Crippen LogP contribution is -2.42. The van der Waals surface area contributed by atoms with Gasteiger partial charge in [-0.2, -0.15) is 0 Å². The van der Waals surface area contributed by atoms with E-state index in [9.17, 15) is 4.79 Å². The van der Waals surface area contributed by atoms with Gasteiger partial charge in [0.05, 0.1) is 13.2 Å². The highest BCUT2D eigenvalue weighted by Crippen LogP contribution is 2.39. The summed E-state index contributed by atoms with van der Waals surface area (Å²) in [4.78, 5) is 15.1. The van der Waals surface area contributed by atoms with Crippen molar-refractivity contribution in [1.82, 2.24) is 15.1 Å². The maximum atomic E-state index is 13.2. The maximum Gasteiger partial charge on any atom is 0.240 e. The molecule has 2 aromatic carbocycles. The minimum absolute atomic E-state index is 0.0901. The van der Waals surface area contributed by atoms with Crippen LogP contribution in [0.3, 0.4) is 0 Å². The van der Waals surface area contributed by atoms with Crippen molar-refractivity contribution in [1.29, 1.82) is 0 Å². The van der Waals surface area contributed by atoms with E-state index >= 15 is 0 Å². The number of para-hydroxylation sites is 1. The minimum Gasteiger partial charge on any atom is -0.378 e. The molecule has 1 amide bonds. The molecule has 1 aliphatic rings. The number of benzene rings is 2. The molecule has 28 heavy (non-hydrogen) atoms. The van der Waals surface area contributed by atoms with Crippen molar-refractivity contribution in [2.75, 3.05) is 31.6 Å². The van der Waals surface area contributed by atoms with Crippen LogP contribution in [0.15, 0.2) is 65.0 Å². The molecule has 1 saturated heterocycles. The second kappa shape index (κ2) is 9.18. The summed E-state index contributed by atoms with van der Waals surface area (Å²) in [6.45, 7) is 2.42. The van der Waals surface area contributed by atoms with E-state index in [1.807, 2.05) is 65.6 Å². The van der Waals surface area contributed by atoms with Crippen molar-refractivity contribution in [3.8, 4) is 0 Å². The van der Waals surface area contributed by atoms with E-state index in [1.54, 1.807) is 0 Å². The van der Waals surface area contributed by atoms with Gasteiger partial charge in [0.2, 0.25) is 11.0 Å². The van der Waals surface area contributed by atoms with Crippen LogP contribution in [0.25, 0.3) is 0 Å². The third kappa shape index (κ3) is 4.70. The molecule has 2 heterocycles. The van der Waals surface area contributed by atoms with Gasteiger partial charge in [0.1, 0.15) is 5.25 Å². The Hall–Kier alpha value is -2.42. The SMILES string of the molecule is O=C([C@@H](Sc1nnc(Nc2ccccc2)s1)c1ccccc1)N1CCOCC1. The summed E-state index contributed by atoms with van der Waals surface area (Å²) in [5.74, 6) is 0.0901. The zero-order valence-corrected chi connectivity index (χ0v) is 16.8. The summed E-state index contributed by atoms with van der Waals surface area (Å²) in [6, 6.07) is 19.7. The third-order valence-corrected chi connectivity index (χ3v) is 6.46. The number of hydrogen-bond donors (Lipinski definition) is 1. The van der Waals surface area contributed by atoms with Crippen LogP contribution in [0, 0.1) is 0 Å². The molecule has 4 rings (SSSR count). The van der Waals surface area contributed by atoms with Crippen LogP contribution in [0.5, 0.6) is 0 Å². The van der Waals surface area contributed by atoms with Crippen LogP contribution in [0.2, 0.25) is 0 Å². The Balaban J connectivity index is 1.52. The highest BCUT2D eigenvalue weighted by molar-refractivity contribution is 8.01. The summed E-state index contributed by atoms with van der Waals surface area (Å²) in [6.07, 6.45) is 0. The first kappa shape index (κ1) is 18.9. The molecule has 0 unspecified atom stereocenters. The molecule has 1 N–H and O–H groups in total. The van der Waals surface area contributed by atoms with Crippen LogP contribution in [-0.2, 0) is 9.53 Å². The van der Waals surface area contributed by atoms with Gasteiger partial charge in [0.15, 0.2) is 4.34 Å². The van der Waals surface area contributed by atoms with E-state index in [2.05, 4.69) is 15.5 Å². The lowest BCUT2D eigenvalue weighted by molar-refractivity contribution is -0.134. The van der Waals surface area contributed by atoms with E-state index in [1.165, 1.54) is 23.1 Å².